The van der Waals surface area contributed by atoms with E-state index in [0.717, 1.165) is 0 Å². The Hall–Kier alpha value is -0.340. The Bertz CT molecular complexity index is 293. The van der Waals surface area contributed by atoms with Crippen molar-refractivity contribution in [1.29, 1.82) is 0 Å². The van der Waals surface area contributed by atoms with Gasteiger partial charge >= 0.3 is 15.5 Å². The minimum atomic E-state index is -5.25. The van der Waals surface area contributed by atoms with E-state index in [0.29, 0.717) is 12.8 Å². The molecule has 1 fully saturated rings. The molecule has 13 heavy (non-hydrogen) atoms. The van der Waals surface area contributed by atoms with E-state index in [4.69, 9.17) is 5.73 Å². The number of nitrogens with one attached hydrogen (secondary N) is 1. The number of nitrogens with two attached hydrogens (primary N) is 1. The van der Waals surface area contributed by atoms with Gasteiger partial charge < -0.3 is 5.73 Å². The fourth-order valence-electron chi connectivity index (χ4n) is 0.842. The number of hydrogen-bond acceptors (Lipinski definition) is 3. The third-order valence-electron chi connectivity index (χ3n) is 1.90. The standard InChI is InChI=1S/C5H9F3N2O2S/c6-5(7,8)13(11,12)10-4(3-9)1-2-4/h10H,1-3,9H2. The molecule has 1 aliphatic carbocycles. The van der Waals surface area contributed by atoms with Gasteiger partial charge in [0.05, 0.1) is 0 Å². The van der Waals surface area contributed by atoms with Gasteiger partial charge in [-0.15, -0.1) is 0 Å². The quantitative estimate of drug-likeness (QED) is 0.695. The van der Waals surface area contributed by atoms with E-state index in [2.05, 4.69) is 0 Å². The number of rotatable bonds is 3. The summed E-state index contributed by atoms with van der Waals surface area (Å²) >= 11 is 0. The van der Waals surface area contributed by atoms with E-state index in [9.17, 15) is 21.6 Å². The van der Waals surface area contributed by atoms with Gasteiger partial charge in [0, 0.05) is 12.1 Å². The van der Waals surface area contributed by atoms with Gasteiger partial charge in [0.1, 0.15) is 0 Å². The molecule has 4 nitrogen and oxygen atoms in total. The van der Waals surface area contributed by atoms with Crippen LogP contribution >= 0.6 is 0 Å². The van der Waals surface area contributed by atoms with Crippen LogP contribution in [0.3, 0.4) is 0 Å². The predicted molar refractivity (Wildman–Crippen MR) is 39.1 cm³/mol. The van der Waals surface area contributed by atoms with Crippen LogP contribution in [0.2, 0.25) is 0 Å². The maximum Gasteiger partial charge on any atom is 0.511 e. The van der Waals surface area contributed by atoms with Crippen LogP contribution in [-0.4, -0.2) is 26.0 Å². The zero-order valence-electron chi connectivity index (χ0n) is 6.56. The van der Waals surface area contributed by atoms with Crippen LogP contribution in [0.1, 0.15) is 12.8 Å². The van der Waals surface area contributed by atoms with E-state index in [-0.39, 0.29) is 6.54 Å². The van der Waals surface area contributed by atoms with Crippen LogP contribution in [0.25, 0.3) is 0 Å². The van der Waals surface area contributed by atoms with Crippen LogP contribution in [0.4, 0.5) is 13.2 Å². The first-order valence-electron chi connectivity index (χ1n) is 3.53. The van der Waals surface area contributed by atoms with Gasteiger partial charge in [0.25, 0.3) is 0 Å². The molecule has 0 aromatic heterocycles. The molecule has 0 saturated heterocycles. The highest BCUT2D eigenvalue weighted by atomic mass is 32.2. The normalized spacial score (nSPS) is 21.5. The lowest BCUT2D eigenvalue weighted by molar-refractivity contribution is -0.0451. The van der Waals surface area contributed by atoms with E-state index in [1.54, 1.807) is 4.72 Å². The minimum absolute atomic E-state index is 0.109. The molecule has 0 spiro atoms. The summed E-state index contributed by atoms with van der Waals surface area (Å²) in [5.41, 5.74) is -1.17. The van der Waals surface area contributed by atoms with Gasteiger partial charge in [-0.3, -0.25) is 0 Å². The first-order chi connectivity index (χ1) is 5.72. The van der Waals surface area contributed by atoms with Crippen molar-refractivity contribution in [3.63, 3.8) is 0 Å². The summed E-state index contributed by atoms with van der Waals surface area (Å²) < 4.78 is 58.2. The average molecular weight is 218 g/mol. The van der Waals surface area contributed by atoms with Crippen molar-refractivity contribution in [3.05, 3.63) is 0 Å². The van der Waals surface area contributed by atoms with E-state index in [1.807, 2.05) is 0 Å². The summed E-state index contributed by atoms with van der Waals surface area (Å²) in [4.78, 5) is 0. The monoisotopic (exact) mass is 218 g/mol. The third kappa shape index (κ3) is 2.12. The summed E-state index contributed by atoms with van der Waals surface area (Å²) in [6.07, 6.45) is 0.720. The van der Waals surface area contributed by atoms with Crippen molar-refractivity contribution in [2.75, 3.05) is 6.54 Å². The van der Waals surface area contributed by atoms with Gasteiger partial charge in [-0.2, -0.15) is 17.9 Å². The molecule has 0 aromatic rings. The highest BCUT2D eigenvalue weighted by molar-refractivity contribution is 7.90. The molecular weight excluding hydrogens is 209 g/mol. The molecule has 0 unspecified atom stereocenters. The molecule has 3 N–H and O–H groups in total. The third-order valence-corrected chi connectivity index (χ3v) is 3.21. The molecular formula is C5H9F3N2O2S. The molecule has 1 rings (SSSR count). The first kappa shape index (κ1) is 10.7. The summed E-state index contributed by atoms with van der Waals surface area (Å²) in [6, 6.07) is 0. The zero-order valence-corrected chi connectivity index (χ0v) is 7.37. The van der Waals surface area contributed by atoms with Gasteiger partial charge in [-0.1, -0.05) is 0 Å². The van der Waals surface area contributed by atoms with Crippen LogP contribution in [0.5, 0.6) is 0 Å². The predicted octanol–water partition coefficient (Wildman–Crippen LogP) is -0.0831. The van der Waals surface area contributed by atoms with Crippen LogP contribution < -0.4 is 10.5 Å². The SMILES string of the molecule is NCC1(NS(=O)(=O)C(F)(F)F)CC1. The summed E-state index contributed by atoms with van der Waals surface area (Å²) in [5, 5.41) is 0. The number of alkyl halides is 3. The molecule has 0 atom stereocenters. The minimum Gasteiger partial charge on any atom is -0.329 e. The topological polar surface area (TPSA) is 72.2 Å². The molecule has 8 heteroatoms. The molecule has 78 valence electrons. The highest BCUT2D eigenvalue weighted by Gasteiger charge is 2.53. The molecule has 0 bridgehead atoms. The van der Waals surface area contributed by atoms with Crippen LogP contribution in [-0.2, 0) is 10.0 Å². The molecule has 0 radical (unpaired) electrons. The van der Waals surface area contributed by atoms with Crippen molar-refractivity contribution in [2.45, 2.75) is 23.9 Å². The molecule has 0 aromatic carbocycles. The van der Waals surface area contributed by atoms with E-state index in [1.165, 1.54) is 0 Å². The van der Waals surface area contributed by atoms with Crippen LogP contribution in [0, 0.1) is 0 Å². The first-order valence-corrected chi connectivity index (χ1v) is 5.01. The Labute approximate surface area is 73.3 Å². The Morgan fingerprint density at radius 1 is 1.38 bits per heavy atom. The van der Waals surface area contributed by atoms with Crippen molar-refractivity contribution in [2.24, 2.45) is 5.73 Å². The van der Waals surface area contributed by atoms with E-state index >= 15 is 0 Å². The number of halogens is 3. The van der Waals surface area contributed by atoms with Crippen molar-refractivity contribution in [3.8, 4) is 0 Å². The summed E-state index contributed by atoms with van der Waals surface area (Å²) in [6.45, 7) is -0.109. The maximum absolute atomic E-state index is 11.8. The second-order valence-corrected chi connectivity index (χ2v) is 4.71. The van der Waals surface area contributed by atoms with Crippen molar-refractivity contribution >= 4 is 10.0 Å². The van der Waals surface area contributed by atoms with Gasteiger partial charge in [-0.25, -0.2) is 8.42 Å². The highest BCUT2D eigenvalue weighted by Crippen LogP contribution is 2.37. The van der Waals surface area contributed by atoms with Crippen LogP contribution in [0.15, 0.2) is 0 Å². The molecule has 0 amide bonds. The molecule has 0 heterocycles. The van der Waals surface area contributed by atoms with Gasteiger partial charge in [0.15, 0.2) is 0 Å². The second-order valence-electron chi connectivity index (χ2n) is 3.04. The zero-order chi connectivity index (χ0) is 10.3. The van der Waals surface area contributed by atoms with Crippen molar-refractivity contribution in [1.82, 2.24) is 4.72 Å². The fraction of sp³-hybridized carbons (Fsp3) is 1.00. The van der Waals surface area contributed by atoms with Gasteiger partial charge in [0.2, 0.25) is 0 Å². The second kappa shape index (κ2) is 2.82. The Kier molecular flexibility index (Phi) is 2.33. The number of sulfonamides is 1. The summed E-state index contributed by atoms with van der Waals surface area (Å²) in [5.74, 6) is 0. The molecule has 1 aliphatic rings. The lowest BCUT2D eigenvalue weighted by Gasteiger charge is -2.16. The molecule has 0 aliphatic heterocycles. The molecule has 1 saturated carbocycles. The smallest absolute Gasteiger partial charge is 0.329 e. The van der Waals surface area contributed by atoms with Gasteiger partial charge in [-0.05, 0) is 12.8 Å². The fourth-order valence-corrected chi connectivity index (χ4v) is 1.81. The largest absolute Gasteiger partial charge is 0.511 e. The van der Waals surface area contributed by atoms with E-state index < -0.39 is 21.1 Å². The summed E-state index contributed by atoms with van der Waals surface area (Å²) in [7, 11) is -5.24. The van der Waals surface area contributed by atoms with Crippen molar-refractivity contribution < 1.29 is 21.6 Å². The lowest BCUT2D eigenvalue weighted by atomic mass is 10.3. The Morgan fingerprint density at radius 2 is 1.85 bits per heavy atom. The Morgan fingerprint density at radius 3 is 2.08 bits per heavy atom. The average Bonchev–Trinajstić information content (AvgIpc) is 2.66. The number of hydrogen-bond donors (Lipinski definition) is 2. The Balaban J connectivity index is 2.74. The maximum atomic E-state index is 11.8. The lowest BCUT2D eigenvalue weighted by Crippen LogP contribution is -2.47.